The number of likely N-dealkylation sites (tertiary alicyclic amines) is 1. The highest BCUT2D eigenvalue weighted by atomic mass is 15.2. The molecule has 18 heavy (non-hydrogen) atoms. The van der Waals surface area contributed by atoms with Crippen LogP contribution in [0, 0.1) is 18.8 Å². The number of hydrogen-bond acceptors (Lipinski definition) is 4. The van der Waals surface area contributed by atoms with Crippen molar-refractivity contribution < 1.29 is 0 Å². The fourth-order valence-corrected chi connectivity index (χ4v) is 2.55. The molecule has 1 fully saturated rings. The van der Waals surface area contributed by atoms with Crippen molar-refractivity contribution in [1.82, 2.24) is 14.9 Å². The second-order valence-electron chi connectivity index (χ2n) is 5.49. The first-order valence-electron chi connectivity index (χ1n) is 6.89. The van der Waals surface area contributed by atoms with Gasteiger partial charge in [-0.05, 0) is 25.7 Å². The van der Waals surface area contributed by atoms with E-state index in [-0.39, 0.29) is 0 Å². The van der Waals surface area contributed by atoms with Gasteiger partial charge in [-0.1, -0.05) is 13.8 Å². The van der Waals surface area contributed by atoms with Crippen LogP contribution < -0.4 is 5.32 Å². The molecule has 1 aromatic rings. The molecular formula is C14H24N4. The summed E-state index contributed by atoms with van der Waals surface area (Å²) in [6.45, 7) is 12.9. The van der Waals surface area contributed by atoms with Crippen LogP contribution in [0.3, 0.4) is 0 Å². The lowest BCUT2D eigenvalue weighted by molar-refractivity contribution is 0.307. The summed E-state index contributed by atoms with van der Waals surface area (Å²) in [7, 11) is 0. The average Bonchev–Trinajstić information content (AvgIpc) is 2.57. The minimum Gasteiger partial charge on any atom is -0.370 e. The zero-order chi connectivity index (χ0) is 13.1. The topological polar surface area (TPSA) is 41.1 Å². The van der Waals surface area contributed by atoms with E-state index in [1.165, 1.54) is 0 Å². The predicted molar refractivity (Wildman–Crippen MR) is 74.5 cm³/mol. The lowest BCUT2D eigenvalue weighted by Crippen LogP contribution is -2.22. The summed E-state index contributed by atoms with van der Waals surface area (Å²) < 4.78 is 0. The molecular weight excluding hydrogens is 224 g/mol. The monoisotopic (exact) mass is 248 g/mol. The molecule has 2 rings (SSSR count). The lowest BCUT2D eigenvalue weighted by atomic mass is 10.0. The minimum atomic E-state index is 0.781. The Morgan fingerprint density at radius 3 is 2.56 bits per heavy atom. The Hall–Kier alpha value is -1.16. The van der Waals surface area contributed by atoms with Crippen LogP contribution in [0.2, 0.25) is 0 Å². The number of aromatic nitrogens is 2. The van der Waals surface area contributed by atoms with E-state index in [0.29, 0.717) is 0 Å². The summed E-state index contributed by atoms with van der Waals surface area (Å²) >= 11 is 0. The zero-order valence-electron chi connectivity index (χ0n) is 11.9. The van der Waals surface area contributed by atoms with Crippen molar-refractivity contribution in [2.75, 3.05) is 25.0 Å². The number of anilines is 1. The van der Waals surface area contributed by atoms with E-state index in [1.54, 1.807) is 0 Å². The van der Waals surface area contributed by atoms with Crippen LogP contribution in [0.5, 0.6) is 0 Å². The van der Waals surface area contributed by atoms with Crippen LogP contribution in [0.4, 0.5) is 5.82 Å². The highest BCUT2D eigenvalue weighted by molar-refractivity contribution is 5.35. The van der Waals surface area contributed by atoms with E-state index in [9.17, 15) is 0 Å². The highest BCUT2D eigenvalue weighted by Gasteiger charge is 2.26. The van der Waals surface area contributed by atoms with Crippen molar-refractivity contribution in [2.24, 2.45) is 11.8 Å². The van der Waals surface area contributed by atoms with Crippen LogP contribution in [0.1, 0.15) is 32.3 Å². The maximum absolute atomic E-state index is 4.57. The zero-order valence-corrected chi connectivity index (χ0v) is 11.9. The van der Waals surface area contributed by atoms with E-state index in [1.807, 2.05) is 13.0 Å². The SMILES string of the molecule is CCNc1cc(C)nc(CN2CC(C)C(C)C2)n1. The Morgan fingerprint density at radius 1 is 1.28 bits per heavy atom. The normalized spacial score (nSPS) is 24.4. The quantitative estimate of drug-likeness (QED) is 0.887. The molecule has 1 aromatic heterocycles. The number of nitrogens with one attached hydrogen (secondary N) is 1. The summed E-state index contributed by atoms with van der Waals surface area (Å²) in [5.41, 5.74) is 1.04. The fourth-order valence-electron chi connectivity index (χ4n) is 2.55. The number of aryl methyl sites for hydroxylation is 1. The Kier molecular flexibility index (Phi) is 4.17. The summed E-state index contributed by atoms with van der Waals surface area (Å²) in [5.74, 6) is 3.44. The predicted octanol–water partition coefficient (Wildman–Crippen LogP) is 2.30. The molecule has 0 bridgehead atoms. The van der Waals surface area contributed by atoms with E-state index >= 15 is 0 Å². The molecule has 0 amide bonds. The van der Waals surface area contributed by atoms with Crippen LogP contribution in [0.15, 0.2) is 6.07 Å². The lowest BCUT2D eigenvalue weighted by Gasteiger charge is -2.15. The van der Waals surface area contributed by atoms with Gasteiger partial charge in [-0.3, -0.25) is 4.90 Å². The molecule has 0 radical (unpaired) electrons. The van der Waals surface area contributed by atoms with Crippen LogP contribution in [-0.2, 0) is 6.54 Å². The Morgan fingerprint density at radius 2 is 1.94 bits per heavy atom. The van der Waals surface area contributed by atoms with Gasteiger partial charge >= 0.3 is 0 Å². The molecule has 4 heteroatoms. The van der Waals surface area contributed by atoms with Crippen molar-refractivity contribution >= 4 is 5.82 Å². The van der Waals surface area contributed by atoms with Crippen LogP contribution in [0.25, 0.3) is 0 Å². The summed E-state index contributed by atoms with van der Waals surface area (Å²) in [5, 5.41) is 3.26. The first-order valence-corrected chi connectivity index (χ1v) is 6.89. The van der Waals surface area contributed by atoms with E-state index in [4.69, 9.17) is 0 Å². The molecule has 4 nitrogen and oxygen atoms in total. The van der Waals surface area contributed by atoms with Crippen molar-refractivity contribution in [3.8, 4) is 0 Å². The molecule has 2 heterocycles. The maximum Gasteiger partial charge on any atom is 0.144 e. The number of nitrogens with zero attached hydrogens (tertiary/aromatic N) is 3. The van der Waals surface area contributed by atoms with Gasteiger partial charge in [-0.25, -0.2) is 9.97 Å². The molecule has 1 N–H and O–H groups in total. The number of hydrogen-bond donors (Lipinski definition) is 1. The third kappa shape index (κ3) is 3.19. The second kappa shape index (κ2) is 5.65. The molecule has 2 unspecified atom stereocenters. The molecule has 0 aromatic carbocycles. The van der Waals surface area contributed by atoms with Gasteiger partial charge in [0.2, 0.25) is 0 Å². The molecule has 0 spiro atoms. The molecule has 2 atom stereocenters. The first-order chi connectivity index (χ1) is 8.58. The van der Waals surface area contributed by atoms with E-state index in [0.717, 1.165) is 55.4 Å². The summed E-state index contributed by atoms with van der Waals surface area (Å²) in [6.07, 6.45) is 0. The third-order valence-corrected chi connectivity index (χ3v) is 3.69. The second-order valence-corrected chi connectivity index (χ2v) is 5.49. The molecule has 100 valence electrons. The molecule has 0 aliphatic carbocycles. The summed E-state index contributed by atoms with van der Waals surface area (Å²) in [6, 6.07) is 2.00. The summed E-state index contributed by atoms with van der Waals surface area (Å²) in [4.78, 5) is 11.6. The maximum atomic E-state index is 4.57. The van der Waals surface area contributed by atoms with Gasteiger partial charge in [-0.15, -0.1) is 0 Å². The van der Waals surface area contributed by atoms with Gasteiger partial charge in [0.1, 0.15) is 11.6 Å². The molecule has 1 aliphatic heterocycles. The van der Waals surface area contributed by atoms with Crippen molar-refractivity contribution in [1.29, 1.82) is 0 Å². The van der Waals surface area contributed by atoms with E-state index in [2.05, 4.69) is 41.0 Å². The fraction of sp³-hybridized carbons (Fsp3) is 0.714. The minimum absolute atomic E-state index is 0.781. The third-order valence-electron chi connectivity index (χ3n) is 3.69. The molecule has 0 saturated carbocycles. The van der Waals surface area contributed by atoms with Crippen LogP contribution >= 0.6 is 0 Å². The average molecular weight is 248 g/mol. The Bertz CT molecular complexity index is 395. The first kappa shape index (κ1) is 13.3. The van der Waals surface area contributed by atoms with Gasteiger partial charge in [0.25, 0.3) is 0 Å². The van der Waals surface area contributed by atoms with Gasteiger partial charge < -0.3 is 5.32 Å². The van der Waals surface area contributed by atoms with Gasteiger partial charge in [-0.2, -0.15) is 0 Å². The van der Waals surface area contributed by atoms with Crippen LogP contribution in [-0.4, -0.2) is 34.5 Å². The molecule has 1 saturated heterocycles. The van der Waals surface area contributed by atoms with Gasteiger partial charge in [0, 0.05) is 31.4 Å². The smallest absolute Gasteiger partial charge is 0.144 e. The van der Waals surface area contributed by atoms with E-state index < -0.39 is 0 Å². The largest absolute Gasteiger partial charge is 0.370 e. The Balaban J connectivity index is 2.05. The Labute approximate surface area is 110 Å². The van der Waals surface area contributed by atoms with Crippen molar-refractivity contribution in [2.45, 2.75) is 34.2 Å². The van der Waals surface area contributed by atoms with Crippen molar-refractivity contribution in [3.05, 3.63) is 17.6 Å². The number of rotatable bonds is 4. The van der Waals surface area contributed by atoms with Gasteiger partial charge in [0.15, 0.2) is 0 Å². The highest BCUT2D eigenvalue weighted by Crippen LogP contribution is 2.23. The van der Waals surface area contributed by atoms with Gasteiger partial charge in [0.05, 0.1) is 6.54 Å². The molecule has 1 aliphatic rings. The standard InChI is InChI=1S/C14H24N4/c1-5-15-13-6-12(4)16-14(17-13)9-18-7-10(2)11(3)8-18/h6,10-11H,5,7-9H2,1-4H3,(H,15,16,17). The van der Waals surface area contributed by atoms with Crippen molar-refractivity contribution in [3.63, 3.8) is 0 Å².